The molecule has 0 saturated carbocycles. The molecule has 1 N–H and O–H groups in total. The summed E-state index contributed by atoms with van der Waals surface area (Å²) in [6.45, 7) is 2.61. The Morgan fingerprint density at radius 2 is 2.22 bits per heavy atom. The van der Waals surface area contributed by atoms with E-state index in [1.807, 2.05) is 25.1 Å². The van der Waals surface area contributed by atoms with Gasteiger partial charge in [-0.05, 0) is 36.2 Å². The Balaban J connectivity index is 2.16. The zero-order valence-electron chi connectivity index (χ0n) is 9.94. The van der Waals surface area contributed by atoms with E-state index in [4.69, 9.17) is 16.9 Å². The first-order valence-electron chi connectivity index (χ1n) is 5.53. The van der Waals surface area contributed by atoms with Crippen molar-refractivity contribution in [3.63, 3.8) is 0 Å². The van der Waals surface area contributed by atoms with Crippen LogP contribution in [-0.4, -0.2) is 4.98 Å². The third-order valence-corrected chi connectivity index (χ3v) is 3.03. The number of hydrogen-bond donors (Lipinski definition) is 1. The van der Waals surface area contributed by atoms with Crippen molar-refractivity contribution in [2.24, 2.45) is 0 Å². The number of aryl methyl sites for hydroxylation is 1. The Kier molecular flexibility index (Phi) is 3.81. The maximum absolute atomic E-state index is 8.88. The van der Waals surface area contributed by atoms with E-state index in [0.29, 0.717) is 17.1 Å². The second kappa shape index (κ2) is 5.52. The Morgan fingerprint density at radius 3 is 2.94 bits per heavy atom. The predicted molar refractivity (Wildman–Crippen MR) is 72.5 cm³/mol. The first-order chi connectivity index (χ1) is 8.70. The highest BCUT2D eigenvalue weighted by molar-refractivity contribution is 6.31. The lowest BCUT2D eigenvalue weighted by Gasteiger charge is -2.10. The van der Waals surface area contributed by atoms with Crippen LogP contribution in [-0.2, 0) is 6.54 Å². The number of nitriles is 1. The lowest BCUT2D eigenvalue weighted by atomic mass is 10.1. The van der Waals surface area contributed by atoms with Crippen LogP contribution in [0.15, 0.2) is 36.7 Å². The maximum Gasteiger partial charge on any atom is 0.0992 e. The lowest BCUT2D eigenvalue weighted by Crippen LogP contribution is -2.02. The fourth-order valence-electron chi connectivity index (χ4n) is 1.62. The second-order valence-corrected chi connectivity index (χ2v) is 4.37. The van der Waals surface area contributed by atoms with Crippen molar-refractivity contribution in [1.29, 1.82) is 5.26 Å². The largest absolute Gasteiger partial charge is 0.381 e. The molecule has 4 heteroatoms. The highest BCUT2D eigenvalue weighted by Crippen LogP contribution is 2.19. The smallest absolute Gasteiger partial charge is 0.0992 e. The zero-order valence-corrected chi connectivity index (χ0v) is 10.7. The van der Waals surface area contributed by atoms with Gasteiger partial charge in [0, 0.05) is 24.6 Å². The minimum absolute atomic E-state index is 0.608. The van der Waals surface area contributed by atoms with Crippen LogP contribution in [0.4, 0.5) is 5.69 Å². The van der Waals surface area contributed by atoms with Gasteiger partial charge >= 0.3 is 0 Å². The molecular weight excluding hydrogens is 246 g/mol. The van der Waals surface area contributed by atoms with Gasteiger partial charge in [0.25, 0.3) is 0 Å². The molecule has 1 heterocycles. The third-order valence-electron chi connectivity index (χ3n) is 2.69. The van der Waals surface area contributed by atoms with Crippen LogP contribution >= 0.6 is 11.6 Å². The van der Waals surface area contributed by atoms with Gasteiger partial charge in [-0.2, -0.15) is 5.26 Å². The minimum atomic E-state index is 0.608. The average Bonchev–Trinajstić information content (AvgIpc) is 2.39. The van der Waals surface area contributed by atoms with Gasteiger partial charge in [0.2, 0.25) is 0 Å². The predicted octanol–water partition coefficient (Wildman–Crippen LogP) is 3.53. The molecule has 0 aliphatic rings. The summed E-state index contributed by atoms with van der Waals surface area (Å²) >= 11 is 6.03. The van der Waals surface area contributed by atoms with Crippen LogP contribution in [0.5, 0.6) is 0 Å². The number of benzene rings is 1. The van der Waals surface area contributed by atoms with Gasteiger partial charge in [0.15, 0.2) is 0 Å². The number of pyridine rings is 1. The maximum atomic E-state index is 8.88. The van der Waals surface area contributed by atoms with E-state index < -0.39 is 0 Å². The summed E-state index contributed by atoms with van der Waals surface area (Å²) in [4.78, 5) is 3.94. The number of nitrogens with zero attached hydrogens (tertiary/aromatic N) is 2. The number of rotatable bonds is 3. The van der Waals surface area contributed by atoms with E-state index in [9.17, 15) is 0 Å². The Bertz CT molecular complexity index is 602. The first kappa shape index (κ1) is 12.4. The Labute approximate surface area is 111 Å². The van der Waals surface area contributed by atoms with Crippen molar-refractivity contribution >= 4 is 17.3 Å². The number of hydrogen-bond acceptors (Lipinski definition) is 3. The summed E-state index contributed by atoms with van der Waals surface area (Å²) < 4.78 is 0. The minimum Gasteiger partial charge on any atom is -0.381 e. The number of anilines is 1. The molecule has 0 amide bonds. The van der Waals surface area contributed by atoms with Crippen molar-refractivity contribution in [2.45, 2.75) is 13.5 Å². The number of nitrogens with one attached hydrogen (secondary N) is 1. The van der Waals surface area contributed by atoms with E-state index in [-0.39, 0.29) is 0 Å². The SMILES string of the molecule is Cc1ccc(C#N)cc1NCc1ccncc1Cl. The molecule has 2 aromatic rings. The van der Waals surface area contributed by atoms with Gasteiger partial charge in [-0.25, -0.2) is 0 Å². The molecule has 1 aromatic heterocycles. The molecule has 0 atom stereocenters. The van der Waals surface area contributed by atoms with Crippen molar-refractivity contribution < 1.29 is 0 Å². The fraction of sp³-hybridized carbons (Fsp3) is 0.143. The van der Waals surface area contributed by atoms with Crippen LogP contribution in [0.2, 0.25) is 5.02 Å². The molecule has 0 spiro atoms. The van der Waals surface area contributed by atoms with Crippen LogP contribution in [0, 0.1) is 18.3 Å². The topological polar surface area (TPSA) is 48.7 Å². The average molecular weight is 258 g/mol. The van der Waals surface area contributed by atoms with Gasteiger partial charge in [-0.3, -0.25) is 4.98 Å². The molecule has 90 valence electrons. The van der Waals surface area contributed by atoms with Gasteiger partial charge in [0.1, 0.15) is 0 Å². The fourth-order valence-corrected chi connectivity index (χ4v) is 1.81. The third kappa shape index (κ3) is 2.79. The summed E-state index contributed by atoms with van der Waals surface area (Å²) in [5, 5.41) is 12.8. The van der Waals surface area contributed by atoms with E-state index >= 15 is 0 Å². The van der Waals surface area contributed by atoms with Crippen LogP contribution in [0.3, 0.4) is 0 Å². The Morgan fingerprint density at radius 1 is 1.39 bits per heavy atom. The van der Waals surface area contributed by atoms with Crippen LogP contribution in [0.25, 0.3) is 0 Å². The van der Waals surface area contributed by atoms with Crippen molar-refractivity contribution in [3.8, 4) is 6.07 Å². The highest BCUT2D eigenvalue weighted by atomic mass is 35.5. The highest BCUT2D eigenvalue weighted by Gasteiger charge is 2.02. The summed E-state index contributed by atoms with van der Waals surface area (Å²) in [5.74, 6) is 0. The summed E-state index contributed by atoms with van der Waals surface area (Å²) in [6, 6.07) is 9.57. The van der Waals surface area contributed by atoms with Crippen LogP contribution < -0.4 is 5.32 Å². The van der Waals surface area contributed by atoms with Gasteiger partial charge in [-0.15, -0.1) is 0 Å². The molecule has 1 aromatic carbocycles. The summed E-state index contributed by atoms with van der Waals surface area (Å²) in [5.41, 5.74) is 3.67. The molecule has 0 aliphatic heterocycles. The van der Waals surface area contributed by atoms with Crippen molar-refractivity contribution in [2.75, 3.05) is 5.32 Å². The molecule has 3 nitrogen and oxygen atoms in total. The van der Waals surface area contributed by atoms with Gasteiger partial charge in [-0.1, -0.05) is 17.7 Å². The van der Waals surface area contributed by atoms with E-state index in [1.165, 1.54) is 0 Å². The standard InChI is InChI=1S/C14H12ClN3/c1-10-2-3-11(7-16)6-14(10)18-8-12-4-5-17-9-13(12)15/h2-6,9,18H,8H2,1H3. The quantitative estimate of drug-likeness (QED) is 0.915. The van der Waals surface area contributed by atoms with Crippen molar-refractivity contribution in [3.05, 3.63) is 58.4 Å². The molecule has 0 bridgehead atoms. The lowest BCUT2D eigenvalue weighted by molar-refractivity contribution is 1.12. The van der Waals surface area contributed by atoms with Crippen molar-refractivity contribution in [1.82, 2.24) is 4.98 Å². The number of aromatic nitrogens is 1. The van der Waals surface area contributed by atoms with Gasteiger partial charge in [0.05, 0.1) is 16.7 Å². The van der Waals surface area contributed by atoms with Crippen LogP contribution in [0.1, 0.15) is 16.7 Å². The number of halogens is 1. The molecule has 18 heavy (non-hydrogen) atoms. The summed E-state index contributed by atoms with van der Waals surface area (Å²) in [7, 11) is 0. The normalized spacial score (nSPS) is 9.83. The van der Waals surface area contributed by atoms with E-state index in [0.717, 1.165) is 16.8 Å². The second-order valence-electron chi connectivity index (χ2n) is 3.96. The zero-order chi connectivity index (χ0) is 13.0. The molecule has 0 radical (unpaired) electrons. The van der Waals surface area contributed by atoms with E-state index in [2.05, 4.69) is 16.4 Å². The van der Waals surface area contributed by atoms with E-state index in [1.54, 1.807) is 18.5 Å². The Hall–Kier alpha value is -2.05. The molecule has 0 aliphatic carbocycles. The summed E-state index contributed by atoms with van der Waals surface area (Å²) in [6.07, 6.45) is 3.33. The monoisotopic (exact) mass is 257 g/mol. The molecule has 0 unspecified atom stereocenters. The van der Waals surface area contributed by atoms with Gasteiger partial charge < -0.3 is 5.32 Å². The molecule has 0 saturated heterocycles. The molecule has 2 rings (SSSR count). The molecular formula is C14H12ClN3. The molecule has 0 fully saturated rings. The first-order valence-corrected chi connectivity index (χ1v) is 5.91.